The maximum atomic E-state index is 5.39. The number of halogens is 1. The van der Waals surface area contributed by atoms with Crippen LogP contribution in [0.15, 0.2) is 30.3 Å². The number of hydrogen-bond acceptors (Lipinski definition) is 2. The van der Waals surface area contributed by atoms with Gasteiger partial charge in [0.2, 0.25) is 0 Å². The third-order valence-corrected chi connectivity index (χ3v) is 3.06. The molecule has 0 N–H and O–H groups in total. The van der Waals surface area contributed by atoms with Gasteiger partial charge in [0.05, 0.1) is 13.2 Å². The van der Waals surface area contributed by atoms with E-state index >= 15 is 0 Å². The zero-order valence-electron chi connectivity index (χ0n) is 9.76. The first kappa shape index (κ1) is 13.5. The highest BCUT2D eigenvalue weighted by Crippen LogP contribution is 2.24. The van der Waals surface area contributed by atoms with Crippen LogP contribution in [0, 0.1) is 0 Å². The second kappa shape index (κ2) is 6.89. The van der Waals surface area contributed by atoms with Gasteiger partial charge in [-0.1, -0.05) is 37.3 Å². The number of hydrogen-bond donors (Lipinski definition) is 0. The molecule has 3 heteroatoms. The van der Waals surface area contributed by atoms with Crippen LogP contribution in [-0.4, -0.2) is 31.2 Å². The van der Waals surface area contributed by atoms with Crippen LogP contribution in [0.3, 0.4) is 0 Å². The van der Waals surface area contributed by atoms with Gasteiger partial charge in [-0.3, -0.25) is 4.90 Å². The molecule has 16 heavy (non-hydrogen) atoms. The molecule has 2 nitrogen and oxygen atoms in total. The molecule has 1 saturated heterocycles. The largest absolute Gasteiger partial charge is 0.379 e. The fourth-order valence-corrected chi connectivity index (χ4v) is 2.27. The van der Waals surface area contributed by atoms with Gasteiger partial charge in [-0.25, -0.2) is 0 Å². The zero-order chi connectivity index (χ0) is 10.5. The van der Waals surface area contributed by atoms with Crippen LogP contribution in [0.25, 0.3) is 0 Å². The molecule has 1 fully saturated rings. The Labute approximate surface area is 104 Å². The van der Waals surface area contributed by atoms with Gasteiger partial charge in [-0.05, 0) is 12.0 Å². The van der Waals surface area contributed by atoms with Gasteiger partial charge >= 0.3 is 0 Å². The molecule has 1 aliphatic rings. The summed E-state index contributed by atoms with van der Waals surface area (Å²) in [6.45, 7) is 6.14. The molecule has 1 unspecified atom stereocenters. The molecule has 0 radical (unpaired) electrons. The topological polar surface area (TPSA) is 12.5 Å². The van der Waals surface area contributed by atoms with Gasteiger partial charge in [0.25, 0.3) is 0 Å². The Bertz CT molecular complexity index is 285. The molecule has 1 heterocycles. The van der Waals surface area contributed by atoms with Crippen molar-refractivity contribution in [3.8, 4) is 0 Å². The van der Waals surface area contributed by atoms with Crippen molar-refractivity contribution in [2.24, 2.45) is 0 Å². The molecule has 1 aromatic carbocycles. The summed E-state index contributed by atoms with van der Waals surface area (Å²) in [5.74, 6) is 0. The number of morpholine rings is 1. The fraction of sp³-hybridized carbons (Fsp3) is 0.538. The fourth-order valence-electron chi connectivity index (χ4n) is 2.27. The molecule has 0 amide bonds. The third-order valence-electron chi connectivity index (χ3n) is 3.06. The molecule has 1 atom stereocenters. The van der Waals surface area contributed by atoms with E-state index in [1.807, 2.05) is 0 Å². The lowest BCUT2D eigenvalue weighted by Gasteiger charge is -2.34. The molecule has 2 rings (SSSR count). The monoisotopic (exact) mass is 241 g/mol. The molecular formula is C13H20ClNO. The van der Waals surface area contributed by atoms with E-state index in [1.54, 1.807) is 0 Å². The lowest BCUT2D eigenvalue weighted by atomic mass is 10.0. The molecular weight excluding hydrogens is 222 g/mol. The standard InChI is InChI=1S/C13H19NO.ClH/c1-2-13(12-6-4-3-5-7-12)14-8-10-15-11-9-14;/h3-7,13H,2,8-11H2,1H3;1H. The second-order valence-corrected chi connectivity index (χ2v) is 3.98. The van der Waals surface area contributed by atoms with Crippen molar-refractivity contribution >= 4 is 12.4 Å². The zero-order valence-corrected chi connectivity index (χ0v) is 10.6. The number of ether oxygens (including phenoxy) is 1. The van der Waals surface area contributed by atoms with Crippen LogP contribution in [-0.2, 0) is 4.74 Å². The molecule has 0 aliphatic carbocycles. The Morgan fingerprint density at radius 2 is 1.81 bits per heavy atom. The first-order chi connectivity index (χ1) is 7.42. The van der Waals surface area contributed by atoms with Gasteiger partial charge in [-0.2, -0.15) is 0 Å². The van der Waals surface area contributed by atoms with Crippen molar-refractivity contribution in [1.82, 2.24) is 4.90 Å². The molecule has 1 aromatic rings. The molecule has 0 bridgehead atoms. The van der Waals surface area contributed by atoms with Gasteiger partial charge < -0.3 is 4.74 Å². The van der Waals surface area contributed by atoms with E-state index < -0.39 is 0 Å². The van der Waals surface area contributed by atoms with Crippen LogP contribution < -0.4 is 0 Å². The number of nitrogens with zero attached hydrogens (tertiary/aromatic N) is 1. The van der Waals surface area contributed by atoms with E-state index in [9.17, 15) is 0 Å². The van der Waals surface area contributed by atoms with Crippen LogP contribution in [0.2, 0.25) is 0 Å². The predicted molar refractivity (Wildman–Crippen MR) is 69.1 cm³/mol. The summed E-state index contributed by atoms with van der Waals surface area (Å²) < 4.78 is 5.39. The highest BCUT2D eigenvalue weighted by molar-refractivity contribution is 5.85. The predicted octanol–water partition coefficient (Wildman–Crippen LogP) is 2.89. The van der Waals surface area contributed by atoms with E-state index in [4.69, 9.17) is 4.74 Å². The maximum Gasteiger partial charge on any atom is 0.0594 e. The van der Waals surface area contributed by atoms with E-state index in [0.29, 0.717) is 6.04 Å². The lowest BCUT2D eigenvalue weighted by Crippen LogP contribution is -2.38. The van der Waals surface area contributed by atoms with Crippen molar-refractivity contribution in [3.05, 3.63) is 35.9 Å². The summed E-state index contributed by atoms with van der Waals surface area (Å²) in [5, 5.41) is 0. The van der Waals surface area contributed by atoms with E-state index in [1.165, 1.54) is 12.0 Å². The first-order valence-corrected chi connectivity index (χ1v) is 5.78. The number of benzene rings is 1. The molecule has 0 saturated carbocycles. The summed E-state index contributed by atoms with van der Waals surface area (Å²) in [5.41, 5.74) is 1.43. The van der Waals surface area contributed by atoms with Crippen molar-refractivity contribution in [2.75, 3.05) is 26.3 Å². The minimum absolute atomic E-state index is 0. The van der Waals surface area contributed by atoms with Gasteiger partial charge in [0.15, 0.2) is 0 Å². The van der Waals surface area contributed by atoms with Gasteiger partial charge in [0, 0.05) is 19.1 Å². The minimum Gasteiger partial charge on any atom is -0.379 e. The maximum absolute atomic E-state index is 5.39. The van der Waals surface area contributed by atoms with E-state index in [2.05, 4.69) is 42.2 Å². The van der Waals surface area contributed by atoms with Crippen LogP contribution in [0.4, 0.5) is 0 Å². The Morgan fingerprint density at radius 3 is 2.38 bits per heavy atom. The Balaban J connectivity index is 0.00000128. The van der Waals surface area contributed by atoms with E-state index in [0.717, 1.165) is 26.3 Å². The Hall–Kier alpha value is -0.570. The minimum atomic E-state index is 0. The van der Waals surface area contributed by atoms with Crippen molar-refractivity contribution in [1.29, 1.82) is 0 Å². The summed E-state index contributed by atoms with van der Waals surface area (Å²) in [6.07, 6.45) is 1.17. The highest BCUT2D eigenvalue weighted by atomic mass is 35.5. The van der Waals surface area contributed by atoms with Crippen LogP contribution >= 0.6 is 12.4 Å². The Kier molecular flexibility index (Phi) is 5.81. The Morgan fingerprint density at radius 1 is 1.19 bits per heavy atom. The van der Waals surface area contributed by atoms with Crippen LogP contribution in [0.5, 0.6) is 0 Å². The highest BCUT2D eigenvalue weighted by Gasteiger charge is 2.20. The SMILES string of the molecule is CCC(c1ccccc1)N1CCOCC1.Cl. The smallest absolute Gasteiger partial charge is 0.0594 e. The van der Waals surface area contributed by atoms with Crippen molar-refractivity contribution < 1.29 is 4.74 Å². The quantitative estimate of drug-likeness (QED) is 0.807. The summed E-state index contributed by atoms with van der Waals surface area (Å²) in [6, 6.07) is 11.3. The second-order valence-electron chi connectivity index (χ2n) is 3.98. The van der Waals surface area contributed by atoms with Gasteiger partial charge in [0.1, 0.15) is 0 Å². The molecule has 0 aromatic heterocycles. The normalized spacial score (nSPS) is 18.8. The van der Waals surface area contributed by atoms with E-state index in [-0.39, 0.29) is 12.4 Å². The lowest BCUT2D eigenvalue weighted by molar-refractivity contribution is 0.0152. The van der Waals surface area contributed by atoms with Crippen molar-refractivity contribution in [3.63, 3.8) is 0 Å². The molecule has 1 aliphatic heterocycles. The average Bonchev–Trinajstić information content (AvgIpc) is 2.33. The third kappa shape index (κ3) is 3.21. The van der Waals surface area contributed by atoms with Crippen molar-refractivity contribution in [2.45, 2.75) is 19.4 Å². The van der Waals surface area contributed by atoms with Crippen LogP contribution in [0.1, 0.15) is 24.9 Å². The summed E-state index contributed by atoms with van der Waals surface area (Å²) in [4.78, 5) is 2.53. The molecule has 0 spiro atoms. The molecule has 90 valence electrons. The first-order valence-electron chi connectivity index (χ1n) is 5.78. The summed E-state index contributed by atoms with van der Waals surface area (Å²) >= 11 is 0. The number of rotatable bonds is 3. The average molecular weight is 242 g/mol. The van der Waals surface area contributed by atoms with Gasteiger partial charge in [-0.15, -0.1) is 12.4 Å². The summed E-state index contributed by atoms with van der Waals surface area (Å²) in [7, 11) is 0.